The molecule has 0 radical (unpaired) electrons. The zero-order chi connectivity index (χ0) is 25.2. The van der Waals surface area contributed by atoms with Gasteiger partial charge in [-0.1, -0.05) is 33.3 Å². The maximum atomic E-state index is 12.4. The first kappa shape index (κ1) is 26.1. The fourth-order valence-electron chi connectivity index (χ4n) is 2.93. The van der Waals surface area contributed by atoms with Gasteiger partial charge in [-0.2, -0.15) is 0 Å². The van der Waals surface area contributed by atoms with Crippen LogP contribution in [-0.2, 0) is 11.2 Å². The van der Waals surface area contributed by atoms with Crippen LogP contribution in [0.1, 0.15) is 32.1 Å². The fourth-order valence-corrected chi connectivity index (χ4v) is 4.09. The van der Waals surface area contributed by atoms with Gasteiger partial charge in [0.2, 0.25) is 11.0 Å². The van der Waals surface area contributed by atoms with Crippen molar-refractivity contribution in [2.45, 2.75) is 12.8 Å². The first-order chi connectivity index (χ1) is 16.9. The Morgan fingerprint density at radius 1 is 0.914 bits per heavy atom. The number of carbonyl (C=O) groups excluding carboxylic acids is 3. The van der Waals surface area contributed by atoms with E-state index in [1.807, 2.05) is 6.07 Å². The molecule has 0 atom stereocenters. The summed E-state index contributed by atoms with van der Waals surface area (Å²) in [4.78, 5) is 36.8. The number of ether oxygens (including phenoxy) is 2. The van der Waals surface area contributed by atoms with Gasteiger partial charge in [-0.3, -0.25) is 14.4 Å². The van der Waals surface area contributed by atoms with Crippen molar-refractivity contribution in [3.63, 3.8) is 0 Å². The van der Waals surface area contributed by atoms with Crippen molar-refractivity contribution < 1.29 is 23.9 Å². The first-order valence-corrected chi connectivity index (χ1v) is 12.2. The van der Waals surface area contributed by atoms with Crippen molar-refractivity contribution in [3.05, 3.63) is 63.1 Å². The van der Waals surface area contributed by atoms with E-state index in [-0.39, 0.29) is 30.7 Å². The Morgan fingerprint density at radius 3 is 2.29 bits per heavy atom. The van der Waals surface area contributed by atoms with Crippen LogP contribution in [0.2, 0.25) is 0 Å². The van der Waals surface area contributed by atoms with Crippen LogP contribution in [-0.4, -0.2) is 55.2 Å². The van der Waals surface area contributed by atoms with Crippen LogP contribution in [0.15, 0.2) is 46.9 Å². The molecule has 0 saturated heterocycles. The first-order valence-electron chi connectivity index (χ1n) is 10.5. The quantitative estimate of drug-likeness (QED) is 0.327. The maximum absolute atomic E-state index is 12.4. The molecule has 0 unspecified atom stereocenters. The molecule has 0 spiro atoms. The molecule has 184 valence electrons. The van der Waals surface area contributed by atoms with Crippen molar-refractivity contribution in [3.8, 4) is 11.5 Å². The molecule has 12 heteroatoms. The number of hydrogen-bond acceptors (Lipinski definition) is 8. The van der Waals surface area contributed by atoms with Crippen LogP contribution in [0.25, 0.3) is 0 Å². The molecule has 3 aromatic rings. The number of benzene rings is 2. The summed E-state index contributed by atoms with van der Waals surface area (Å²) >= 11 is 4.57. The molecule has 10 nitrogen and oxygen atoms in total. The highest BCUT2D eigenvalue weighted by Crippen LogP contribution is 2.22. The van der Waals surface area contributed by atoms with Gasteiger partial charge in [0.15, 0.2) is 0 Å². The van der Waals surface area contributed by atoms with E-state index in [0.29, 0.717) is 45.7 Å². The maximum Gasteiger partial charge on any atom is 0.251 e. The molecular weight excluding hydrogens is 538 g/mol. The van der Waals surface area contributed by atoms with E-state index < -0.39 is 0 Å². The summed E-state index contributed by atoms with van der Waals surface area (Å²) in [5, 5.41) is 17.2. The second-order valence-electron chi connectivity index (χ2n) is 7.17. The van der Waals surface area contributed by atoms with Crippen LogP contribution >= 0.6 is 27.3 Å². The van der Waals surface area contributed by atoms with Crippen LogP contribution < -0.4 is 25.4 Å². The minimum atomic E-state index is -0.349. The van der Waals surface area contributed by atoms with Gasteiger partial charge in [0, 0.05) is 47.6 Å². The topological polar surface area (TPSA) is 132 Å². The molecule has 2 aromatic carbocycles. The van der Waals surface area contributed by atoms with Gasteiger partial charge in [-0.15, -0.1) is 10.2 Å². The largest absolute Gasteiger partial charge is 0.497 e. The average Bonchev–Trinajstić information content (AvgIpc) is 3.30. The Hall–Kier alpha value is -3.51. The zero-order valence-electron chi connectivity index (χ0n) is 19.1. The lowest BCUT2D eigenvalue weighted by Gasteiger charge is -2.09. The number of nitrogens with one attached hydrogen (secondary N) is 3. The summed E-state index contributed by atoms with van der Waals surface area (Å²) in [7, 11) is 3.00. The normalized spacial score (nSPS) is 10.4. The Kier molecular flexibility index (Phi) is 9.56. The van der Waals surface area contributed by atoms with Gasteiger partial charge in [0.05, 0.1) is 14.2 Å². The van der Waals surface area contributed by atoms with Crippen molar-refractivity contribution in [2.75, 3.05) is 32.6 Å². The summed E-state index contributed by atoms with van der Waals surface area (Å²) in [5.74, 6) is 0.148. The number of methoxy groups -OCH3 is 2. The second-order valence-corrected chi connectivity index (χ2v) is 9.15. The number of nitrogens with zero attached hydrogens (tertiary/aromatic N) is 2. The molecule has 0 aliphatic rings. The number of hydrogen-bond donors (Lipinski definition) is 3. The average molecular weight is 562 g/mol. The van der Waals surface area contributed by atoms with Gasteiger partial charge in [-0.25, -0.2) is 0 Å². The highest BCUT2D eigenvalue weighted by molar-refractivity contribution is 9.10. The molecule has 0 aliphatic heterocycles. The summed E-state index contributed by atoms with van der Waals surface area (Å²) in [6, 6.07) is 11.9. The number of rotatable bonds is 11. The second kappa shape index (κ2) is 12.8. The number of aromatic nitrogens is 2. The van der Waals surface area contributed by atoms with E-state index in [9.17, 15) is 14.4 Å². The Morgan fingerprint density at radius 2 is 1.60 bits per heavy atom. The fraction of sp³-hybridized carbons (Fsp3) is 0.261. The van der Waals surface area contributed by atoms with Crippen LogP contribution in [0, 0.1) is 0 Å². The molecule has 0 bridgehead atoms. The van der Waals surface area contributed by atoms with Gasteiger partial charge in [-0.05, 0) is 30.3 Å². The third-order valence-electron chi connectivity index (χ3n) is 4.68. The third kappa shape index (κ3) is 8.04. The predicted octanol–water partition coefficient (Wildman–Crippen LogP) is 3.05. The summed E-state index contributed by atoms with van der Waals surface area (Å²) in [5.41, 5.74) is 0.921. The summed E-state index contributed by atoms with van der Waals surface area (Å²) in [6.45, 7) is 0.520. The lowest BCUT2D eigenvalue weighted by atomic mass is 10.2. The van der Waals surface area contributed by atoms with Crippen LogP contribution in [0.5, 0.6) is 11.5 Å². The smallest absolute Gasteiger partial charge is 0.251 e. The Labute approximate surface area is 214 Å². The van der Waals surface area contributed by atoms with Crippen molar-refractivity contribution >= 4 is 50.1 Å². The molecule has 3 rings (SSSR count). The number of anilines is 1. The zero-order valence-corrected chi connectivity index (χ0v) is 21.5. The van der Waals surface area contributed by atoms with Crippen molar-refractivity contribution in [2.24, 2.45) is 0 Å². The minimum absolute atomic E-state index is 0.0600. The number of carbonyl (C=O) groups is 3. The third-order valence-corrected chi connectivity index (χ3v) is 6.07. The van der Waals surface area contributed by atoms with Crippen molar-refractivity contribution in [1.29, 1.82) is 0 Å². The van der Waals surface area contributed by atoms with E-state index in [2.05, 4.69) is 42.1 Å². The standard InChI is InChI=1S/C23H24BrN5O5S/c1-33-17-11-15(12-18(13-17)34-2)22(32)25-8-6-19(30)27-23-29-28-20(35-23)7-9-26-21(31)14-4-3-5-16(24)10-14/h3-5,10-13H,6-9H2,1-2H3,(H,25,32)(H,26,31)(H,27,29,30). The number of amides is 3. The van der Waals surface area contributed by atoms with E-state index in [0.717, 1.165) is 4.47 Å². The molecule has 0 saturated carbocycles. The lowest BCUT2D eigenvalue weighted by Crippen LogP contribution is -2.27. The Bertz CT molecular complexity index is 1180. The molecule has 1 heterocycles. The van der Waals surface area contributed by atoms with Crippen LogP contribution in [0.4, 0.5) is 5.13 Å². The monoisotopic (exact) mass is 561 g/mol. The molecule has 1 aromatic heterocycles. The molecule has 0 fully saturated rings. The van der Waals surface area contributed by atoms with E-state index in [4.69, 9.17) is 9.47 Å². The highest BCUT2D eigenvalue weighted by atomic mass is 79.9. The molecule has 3 amide bonds. The van der Waals surface area contributed by atoms with Gasteiger partial charge in [0.25, 0.3) is 11.8 Å². The SMILES string of the molecule is COc1cc(OC)cc(C(=O)NCCC(=O)Nc2nnc(CCNC(=O)c3cccc(Br)c3)s2)c1. The molecule has 3 N–H and O–H groups in total. The highest BCUT2D eigenvalue weighted by Gasteiger charge is 2.12. The minimum Gasteiger partial charge on any atom is -0.497 e. The summed E-state index contributed by atoms with van der Waals surface area (Å²) in [6.07, 6.45) is 0.539. The van der Waals surface area contributed by atoms with Gasteiger partial charge in [0.1, 0.15) is 16.5 Å². The van der Waals surface area contributed by atoms with E-state index >= 15 is 0 Å². The van der Waals surface area contributed by atoms with Gasteiger partial charge < -0.3 is 25.4 Å². The molecule has 0 aliphatic carbocycles. The van der Waals surface area contributed by atoms with Gasteiger partial charge >= 0.3 is 0 Å². The van der Waals surface area contributed by atoms with E-state index in [1.54, 1.807) is 36.4 Å². The lowest BCUT2D eigenvalue weighted by molar-refractivity contribution is -0.116. The summed E-state index contributed by atoms with van der Waals surface area (Å²) < 4.78 is 11.2. The number of halogens is 1. The van der Waals surface area contributed by atoms with Crippen LogP contribution in [0.3, 0.4) is 0 Å². The predicted molar refractivity (Wildman–Crippen MR) is 135 cm³/mol. The Balaban J connectivity index is 1.40. The van der Waals surface area contributed by atoms with E-state index in [1.165, 1.54) is 25.6 Å². The molecular formula is C23H24BrN5O5S. The molecule has 35 heavy (non-hydrogen) atoms. The van der Waals surface area contributed by atoms with Crippen molar-refractivity contribution in [1.82, 2.24) is 20.8 Å².